The quantitative estimate of drug-likeness (QED) is 0.385. The van der Waals surface area contributed by atoms with Gasteiger partial charge in [0.1, 0.15) is 0 Å². The Morgan fingerprint density at radius 3 is 2.77 bits per heavy atom. The van der Waals surface area contributed by atoms with E-state index in [4.69, 9.17) is 6.42 Å². The minimum absolute atomic E-state index is 0.133. The third kappa shape index (κ3) is 2.48. The van der Waals surface area contributed by atoms with Crippen molar-refractivity contribution in [2.75, 3.05) is 13.1 Å². The molecule has 1 heterocycles. The molecule has 1 aliphatic heterocycles. The van der Waals surface area contributed by atoms with E-state index >= 15 is 0 Å². The van der Waals surface area contributed by atoms with E-state index in [0.717, 1.165) is 12.8 Å². The number of nitrogens with one attached hydrogen (secondary N) is 1. The minimum atomic E-state index is -0.286. The van der Waals surface area contributed by atoms with Crippen molar-refractivity contribution in [1.82, 2.24) is 10.2 Å². The molecule has 0 aromatic heterocycles. The fraction of sp³-hybridized carbons (Fsp3) is 0.556. The van der Waals surface area contributed by atoms with E-state index < -0.39 is 0 Å². The second kappa shape index (κ2) is 4.51. The number of amides is 3. The molecular weight excluding hydrogens is 168 g/mol. The van der Waals surface area contributed by atoms with Gasteiger partial charge < -0.3 is 5.32 Å². The molecule has 1 N–H and O–H groups in total. The van der Waals surface area contributed by atoms with Gasteiger partial charge >= 0.3 is 6.03 Å². The van der Waals surface area contributed by atoms with Crippen LogP contribution < -0.4 is 5.32 Å². The van der Waals surface area contributed by atoms with Crippen molar-refractivity contribution in [3.05, 3.63) is 0 Å². The van der Waals surface area contributed by atoms with Crippen LogP contribution in [0.5, 0.6) is 0 Å². The Hall–Kier alpha value is -1.50. The molecule has 1 aliphatic rings. The molecule has 0 saturated carbocycles. The summed E-state index contributed by atoms with van der Waals surface area (Å²) < 4.78 is 0. The van der Waals surface area contributed by atoms with Crippen molar-refractivity contribution in [3.63, 3.8) is 0 Å². The summed E-state index contributed by atoms with van der Waals surface area (Å²) in [4.78, 5) is 23.3. The Labute approximate surface area is 77.3 Å². The van der Waals surface area contributed by atoms with Crippen LogP contribution in [0.1, 0.15) is 19.3 Å². The molecular formula is C9H12N2O2. The smallest absolute Gasteiger partial charge is 0.324 e. The topological polar surface area (TPSA) is 49.4 Å². The van der Waals surface area contributed by atoms with Crippen molar-refractivity contribution < 1.29 is 9.59 Å². The number of imide groups is 1. The zero-order valence-electron chi connectivity index (χ0n) is 7.38. The predicted octanol–water partition coefficient (Wildman–Crippen LogP) is 0.342. The predicted molar refractivity (Wildman–Crippen MR) is 47.8 cm³/mol. The Bertz CT molecular complexity index is 239. The lowest BCUT2D eigenvalue weighted by molar-refractivity contribution is -0.125. The first-order chi connectivity index (χ1) is 6.25. The molecule has 1 fully saturated rings. The Morgan fingerprint density at radius 1 is 1.46 bits per heavy atom. The minimum Gasteiger partial charge on any atom is -0.329 e. The molecule has 0 aromatic carbocycles. The summed E-state index contributed by atoms with van der Waals surface area (Å²) in [6.07, 6.45) is 7.40. The van der Waals surface area contributed by atoms with E-state index in [1.165, 1.54) is 4.90 Å². The first-order valence-electron chi connectivity index (χ1n) is 4.27. The lowest BCUT2D eigenvalue weighted by Gasteiger charge is -2.10. The largest absolute Gasteiger partial charge is 0.329 e. The maximum Gasteiger partial charge on any atom is 0.324 e. The molecule has 0 unspecified atom stereocenters. The average molecular weight is 180 g/mol. The first kappa shape index (κ1) is 9.59. The van der Waals surface area contributed by atoms with E-state index in [1.807, 2.05) is 0 Å². The first-order valence-corrected chi connectivity index (χ1v) is 4.27. The van der Waals surface area contributed by atoms with Gasteiger partial charge in [-0.2, -0.15) is 0 Å². The van der Waals surface area contributed by atoms with Crippen LogP contribution in [0.4, 0.5) is 4.79 Å². The molecule has 1 saturated heterocycles. The SMILES string of the molecule is C#CCCCCN1C(=O)CNC1=O. The van der Waals surface area contributed by atoms with Crippen molar-refractivity contribution in [1.29, 1.82) is 0 Å². The molecule has 0 radical (unpaired) electrons. The standard InChI is InChI=1S/C9H12N2O2/c1-2-3-4-5-6-11-8(12)7-10-9(11)13/h1H,3-7H2,(H,10,13). The van der Waals surface area contributed by atoms with Gasteiger partial charge in [0.05, 0.1) is 6.54 Å². The maximum absolute atomic E-state index is 11.1. The normalized spacial score (nSPS) is 15.8. The van der Waals surface area contributed by atoms with Crippen LogP contribution in [0.25, 0.3) is 0 Å². The fourth-order valence-electron chi connectivity index (χ4n) is 1.18. The van der Waals surface area contributed by atoms with Crippen LogP contribution in [-0.2, 0) is 4.79 Å². The van der Waals surface area contributed by atoms with Crippen LogP contribution in [0.2, 0.25) is 0 Å². The van der Waals surface area contributed by atoms with Gasteiger partial charge in [-0.3, -0.25) is 9.69 Å². The van der Waals surface area contributed by atoms with Crippen molar-refractivity contribution in [3.8, 4) is 12.3 Å². The van der Waals surface area contributed by atoms with Gasteiger partial charge in [0.25, 0.3) is 0 Å². The summed E-state index contributed by atoms with van der Waals surface area (Å²) in [7, 11) is 0. The highest BCUT2D eigenvalue weighted by atomic mass is 16.2. The van der Waals surface area contributed by atoms with Crippen LogP contribution >= 0.6 is 0 Å². The molecule has 4 heteroatoms. The van der Waals surface area contributed by atoms with E-state index in [-0.39, 0.29) is 18.5 Å². The number of nitrogens with zero attached hydrogens (tertiary/aromatic N) is 1. The number of rotatable bonds is 4. The van der Waals surface area contributed by atoms with Gasteiger partial charge in [-0.25, -0.2) is 4.79 Å². The fourth-order valence-corrected chi connectivity index (χ4v) is 1.18. The zero-order chi connectivity index (χ0) is 9.68. The third-order valence-electron chi connectivity index (χ3n) is 1.89. The molecule has 70 valence electrons. The second-order valence-electron chi connectivity index (χ2n) is 2.87. The summed E-state index contributed by atoms with van der Waals surface area (Å²) in [6, 6.07) is -0.286. The van der Waals surface area contributed by atoms with E-state index in [2.05, 4.69) is 11.2 Å². The average Bonchev–Trinajstić information content (AvgIpc) is 2.42. The number of carbonyl (C=O) groups is 2. The molecule has 0 atom stereocenters. The Kier molecular flexibility index (Phi) is 3.32. The number of hydrogen-bond acceptors (Lipinski definition) is 2. The molecule has 0 bridgehead atoms. The highest BCUT2D eigenvalue weighted by molar-refractivity contribution is 6.01. The van der Waals surface area contributed by atoms with Crippen LogP contribution in [0.15, 0.2) is 0 Å². The van der Waals surface area contributed by atoms with Gasteiger partial charge in [0.15, 0.2) is 0 Å². The molecule has 4 nitrogen and oxygen atoms in total. The Balaban J connectivity index is 2.24. The molecule has 1 rings (SSSR count). The van der Waals surface area contributed by atoms with Gasteiger partial charge in [-0.15, -0.1) is 12.3 Å². The van der Waals surface area contributed by atoms with Crippen LogP contribution in [-0.4, -0.2) is 29.9 Å². The highest BCUT2D eigenvalue weighted by Gasteiger charge is 2.27. The third-order valence-corrected chi connectivity index (χ3v) is 1.89. The number of terminal acetylenes is 1. The van der Waals surface area contributed by atoms with Gasteiger partial charge in [0, 0.05) is 13.0 Å². The van der Waals surface area contributed by atoms with Crippen LogP contribution in [0, 0.1) is 12.3 Å². The highest BCUT2D eigenvalue weighted by Crippen LogP contribution is 2.02. The van der Waals surface area contributed by atoms with E-state index in [9.17, 15) is 9.59 Å². The summed E-state index contributed by atoms with van der Waals surface area (Å²) in [6.45, 7) is 0.611. The Morgan fingerprint density at radius 2 is 2.23 bits per heavy atom. The van der Waals surface area contributed by atoms with Crippen molar-refractivity contribution in [2.24, 2.45) is 0 Å². The summed E-state index contributed by atoms with van der Waals surface area (Å²) in [5.74, 6) is 2.36. The number of carbonyl (C=O) groups excluding carboxylic acids is 2. The molecule has 0 aromatic rings. The lowest BCUT2D eigenvalue weighted by Crippen LogP contribution is -2.31. The molecule has 0 aliphatic carbocycles. The zero-order valence-corrected chi connectivity index (χ0v) is 7.38. The molecule has 0 spiro atoms. The molecule has 13 heavy (non-hydrogen) atoms. The molecule has 3 amide bonds. The van der Waals surface area contributed by atoms with Gasteiger partial charge in [-0.1, -0.05) is 0 Å². The lowest BCUT2D eigenvalue weighted by atomic mass is 10.2. The van der Waals surface area contributed by atoms with Crippen LogP contribution in [0.3, 0.4) is 0 Å². The van der Waals surface area contributed by atoms with Gasteiger partial charge in [-0.05, 0) is 12.8 Å². The van der Waals surface area contributed by atoms with E-state index in [1.54, 1.807) is 0 Å². The van der Waals surface area contributed by atoms with Crippen molar-refractivity contribution in [2.45, 2.75) is 19.3 Å². The number of hydrogen-bond donors (Lipinski definition) is 1. The second-order valence-corrected chi connectivity index (χ2v) is 2.87. The summed E-state index contributed by atoms with van der Waals surface area (Å²) in [5, 5.41) is 2.46. The monoisotopic (exact) mass is 180 g/mol. The van der Waals surface area contributed by atoms with E-state index in [0.29, 0.717) is 13.0 Å². The van der Waals surface area contributed by atoms with Crippen molar-refractivity contribution >= 4 is 11.9 Å². The summed E-state index contributed by atoms with van der Waals surface area (Å²) in [5.41, 5.74) is 0. The number of unbranched alkanes of at least 4 members (excludes halogenated alkanes) is 2. The van der Waals surface area contributed by atoms with Gasteiger partial charge in [0.2, 0.25) is 5.91 Å². The summed E-state index contributed by atoms with van der Waals surface area (Å²) >= 11 is 0. The maximum atomic E-state index is 11.1. The number of urea groups is 1.